The molecule has 1 unspecified atom stereocenters. The molecule has 1 aliphatic heterocycles. The summed E-state index contributed by atoms with van der Waals surface area (Å²) in [6, 6.07) is 0. The molecule has 1 rings (SSSR count). The van der Waals surface area contributed by atoms with Gasteiger partial charge in [0.25, 0.3) is 0 Å². The zero-order valence-corrected chi connectivity index (χ0v) is 12.2. The lowest BCUT2D eigenvalue weighted by Crippen LogP contribution is -2.35. The van der Waals surface area contributed by atoms with Gasteiger partial charge in [0.1, 0.15) is 12.1 Å². The van der Waals surface area contributed by atoms with Crippen molar-refractivity contribution in [2.24, 2.45) is 4.99 Å². The summed E-state index contributed by atoms with van der Waals surface area (Å²) in [5.74, 6) is 1.12. The monoisotopic (exact) mass is 254 g/mol. The molecule has 0 fully saturated rings. The first-order valence-electron chi connectivity index (χ1n) is 7.73. The molecule has 0 bridgehead atoms. The molecule has 0 aromatic carbocycles. The van der Waals surface area contributed by atoms with E-state index in [1.54, 1.807) is 0 Å². The maximum absolute atomic E-state index is 9.59. The Morgan fingerprint density at radius 2 is 1.72 bits per heavy atom. The van der Waals surface area contributed by atoms with Crippen LogP contribution in [0, 0.1) is 0 Å². The highest BCUT2D eigenvalue weighted by molar-refractivity contribution is 5.83. The number of nitrogens with zero attached hydrogens (tertiary/aromatic N) is 2. The van der Waals surface area contributed by atoms with Crippen molar-refractivity contribution >= 4 is 5.84 Å². The van der Waals surface area contributed by atoms with Gasteiger partial charge in [0.05, 0.1) is 6.54 Å². The number of hydrogen-bond acceptors (Lipinski definition) is 3. The highest BCUT2D eigenvalue weighted by atomic mass is 16.3. The Morgan fingerprint density at radius 3 is 2.33 bits per heavy atom. The minimum Gasteiger partial charge on any atom is -0.374 e. The van der Waals surface area contributed by atoms with Crippen LogP contribution in [0.5, 0.6) is 0 Å². The number of amidine groups is 1. The van der Waals surface area contributed by atoms with Crippen LogP contribution in [0.25, 0.3) is 0 Å². The van der Waals surface area contributed by atoms with Gasteiger partial charge in [-0.2, -0.15) is 0 Å². The topological polar surface area (TPSA) is 35.8 Å². The van der Waals surface area contributed by atoms with Gasteiger partial charge in [0.2, 0.25) is 0 Å². The van der Waals surface area contributed by atoms with E-state index in [9.17, 15) is 5.11 Å². The van der Waals surface area contributed by atoms with Gasteiger partial charge < -0.3 is 10.0 Å². The number of aliphatic hydroxyl groups is 1. The molecule has 1 heterocycles. The van der Waals surface area contributed by atoms with Crippen LogP contribution in [0.15, 0.2) is 4.99 Å². The van der Waals surface area contributed by atoms with Crippen LogP contribution in [-0.2, 0) is 0 Å². The molecule has 0 amide bonds. The van der Waals surface area contributed by atoms with Crippen LogP contribution in [0.3, 0.4) is 0 Å². The number of aliphatic imine (C=N–C) groups is 1. The zero-order chi connectivity index (χ0) is 13.2. The molecular weight excluding hydrogens is 224 g/mol. The molecule has 106 valence electrons. The van der Waals surface area contributed by atoms with Crippen molar-refractivity contribution in [3.05, 3.63) is 0 Å². The Hall–Kier alpha value is -0.570. The molecule has 3 nitrogen and oxygen atoms in total. The van der Waals surface area contributed by atoms with Gasteiger partial charge in [-0.15, -0.1) is 0 Å². The van der Waals surface area contributed by atoms with Gasteiger partial charge in [-0.3, -0.25) is 4.99 Å². The molecule has 1 atom stereocenters. The molecule has 1 aliphatic rings. The standard InChI is InChI=1S/C15H30N2O/c1-3-4-5-6-7-8-9-10-11-15-16-12-13-17(15)14(2)18/h14,18H,3-13H2,1-2H3. The smallest absolute Gasteiger partial charge is 0.125 e. The summed E-state index contributed by atoms with van der Waals surface area (Å²) in [7, 11) is 0. The summed E-state index contributed by atoms with van der Waals surface area (Å²) in [4.78, 5) is 6.51. The third-order valence-corrected chi connectivity index (χ3v) is 3.67. The molecule has 0 saturated carbocycles. The van der Waals surface area contributed by atoms with E-state index >= 15 is 0 Å². The summed E-state index contributed by atoms with van der Waals surface area (Å²) in [5, 5.41) is 9.59. The van der Waals surface area contributed by atoms with Crippen molar-refractivity contribution in [1.82, 2.24) is 4.90 Å². The number of unbranched alkanes of at least 4 members (excludes halogenated alkanes) is 7. The van der Waals surface area contributed by atoms with Gasteiger partial charge in [-0.25, -0.2) is 0 Å². The lowest BCUT2D eigenvalue weighted by atomic mass is 10.1. The second-order valence-electron chi connectivity index (χ2n) is 5.35. The normalized spacial score (nSPS) is 17.1. The van der Waals surface area contributed by atoms with Gasteiger partial charge >= 0.3 is 0 Å². The Labute approximate surface area is 112 Å². The summed E-state index contributed by atoms with van der Waals surface area (Å²) >= 11 is 0. The van der Waals surface area contributed by atoms with E-state index in [1.807, 2.05) is 11.8 Å². The fraction of sp³-hybridized carbons (Fsp3) is 0.933. The molecule has 0 aromatic rings. The summed E-state index contributed by atoms with van der Waals surface area (Å²) in [6.45, 7) is 5.84. The number of hydrogen-bond donors (Lipinski definition) is 1. The predicted octanol–water partition coefficient (Wildman–Crippen LogP) is 3.57. The quantitative estimate of drug-likeness (QED) is 0.605. The Balaban J connectivity index is 1.98. The van der Waals surface area contributed by atoms with E-state index in [1.165, 1.54) is 51.4 Å². The largest absolute Gasteiger partial charge is 0.374 e. The van der Waals surface area contributed by atoms with Crippen molar-refractivity contribution in [2.75, 3.05) is 13.1 Å². The molecule has 0 aromatic heterocycles. The minimum absolute atomic E-state index is 0.375. The SMILES string of the molecule is CCCCCCCCCCC1=NCCN1C(C)O. The molecule has 0 radical (unpaired) electrons. The second-order valence-corrected chi connectivity index (χ2v) is 5.35. The Morgan fingerprint density at radius 1 is 1.11 bits per heavy atom. The Bertz CT molecular complexity index is 239. The highest BCUT2D eigenvalue weighted by Gasteiger charge is 2.19. The van der Waals surface area contributed by atoms with Gasteiger partial charge in [-0.1, -0.05) is 51.9 Å². The van der Waals surface area contributed by atoms with Crippen molar-refractivity contribution in [3.63, 3.8) is 0 Å². The lowest BCUT2D eigenvalue weighted by molar-refractivity contribution is 0.0766. The third kappa shape index (κ3) is 5.85. The third-order valence-electron chi connectivity index (χ3n) is 3.67. The van der Waals surface area contributed by atoms with Crippen LogP contribution in [0.2, 0.25) is 0 Å². The van der Waals surface area contributed by atoms with Crippen LogP contribution in [0.4, 0.5) is 0 Å². The van der Waals surface area contributed by atoms with E-state index in [0.29, 0.717) is 0 Å². The molecule has 0 saturated heterocycles. The summed E-state index contributed by atoms with van der Waals surface area (Å²) in [5.41, 5.74) is 0. The predicted molar refractivity (Wildman–Crippen MR) is 77.9 cm³/mol. The first kappa shape index (κ1) is 15.5. The highest BCUT2D eigenvalue weighted by Crippen LogP contribution is 2.14. The molecular formula is C15H30N2O. The first-order valence-corrected chi connectivity index (χ1v) is 7.73. The van der Waals surface area contributed by atoms with Gasteiger partial charge in [-0.05, 0) is 13.3 Å². The van der Waals surface area contributed by atoms with E-state index < -0.39 is 0 Å². The van der Waals surface area contributed by atoms with Crippen LogP contribution < -0.4 is 0 Å². The number of aliphatic hydroxyl groups excluding tert-OH is 1. The van der Waals surface area contributed by atoms with Crippen molar-refractivity contribution in [1.29, 1.82) is 0 Å². The lowest BCUT2D eigenvalue weighted by Gasteiger charge is -2.23. The average molecular weight is 254 g/mol. The number of rotatable bonds is 10. The molecule has 1 N–H and O–H groups in total. The van der Waals surface area contributed by atoms with Crippen molar-refractivity contribution < 1.29 is 5.11 Å². The van der Waals surface area contributed by atoms with E-state index in [-0.39, 0.29) is 6.23 Å². The van der Waals surface area contributed by atoms with Gasteiger partial charge in [0, 0.05) is 13.0 Å². The maximum atomic E-state index is 9.59. The van der Waals surface area contributed by atoms with Crippen molar-refractivity contribution in [3.8, 4) is 0 Å². The molecule has 0 spiro atoms. The summed E-state index contributed by atoms with van der Waals surface area (Å²) < 4.78 is 0. The van der Waals surface area contributed by atoms with Crippen molar-refractivity contribution in [2.45, 2.75) is 77.9 Å². The summed E-state index contributed by atoms with van der Waals surface area (Å²) in [6.07, 6.45) is 11.4. The maximum Gasteiger partial charge on any atom is 0.125 e. The Kier molecular flexibility index (Phi) is 8.06. The first-order chi connectivity index (χ1) is 8.75. The average Bonchev–Trinajstić information content (AvgIpc) is 2.81. The fourth-order valence-corrected chi connectivity index (χ4v) is 2.55. The molecule has 0 aliphatic carbocycles. The van der Waals surface area contributed by atoms with Gasteiger partial charge in [0.15, 0.2) is 0 Å². The van der Waals surface area contributed by atoms with Crippen LogP contribution in [-0.4, -0.2) is 35.2 Å². The fourth-order valence-electron chi connectivity index (χ4n) is 2.55. The van der Waals surface area contributed by atoms with Crippen LogP contribution in [0.1, 0.15) is 71.6 Å². The molecule has 3 heteroatoms. The van der Waals surface area contributed by atoms with Crippen LogP contribution >= 0.6 is 0 Å². The van der Waals surface area contributed by atoms with E-state index in [0.717, 1.165) is 25.3 Å². The van der Waals surface area contributed by atoms with E-state index in [2.05, 4.69) is 11.9 Å². The van der Waals surface area contributed by atoms with E-state index in [4.69, 9.17) is 0 Å². The molecule has 18 heavy (non-hydrogen) atoms. The minimum atomic E-state index is -0.375. The second kappa shape index (κ2) is 9.37. The zero-order valence-electron chi connectivity index (χ0n) is 12.2.